The summed E-state index contributed by atoms with van der Waals surface area (Å²) in [5.74, 6) is 3.26. The van der Waals surface area contributed by atoms with Crippen LogP contribution >= 0.6 is 11.8 Å². The fourth-order valence-electron chi connectivity index (χ4n) is 4.12. The number of nitrogens with zero attached hydrogens (tertiary/aromatic N) is 1. The van der Waals surface area contributed by atoms with E-state index >= 15 is 0 Å². The zero-order chi connectivity index (χ0) is 18.9. The van der Waals surface area contributed by atoms with Crippen LogP contribution in [0.1, 0.15) is 22.5 Å². The minimum atomic E-state index is 0.0851. The van der Waals surface area contributed by atoms with Crippen molar-refractivity contribution in [1.29, 1.82) is 0 Å². The molecule has 1 aliphatic rings. The van der Waals surface area contributed by atoms with Gasteiger partial charge in [0, 0.05) is 52.6 Å². The maximum Gasteiger partial charge on any atom is 0.134 e. The predicted octanol–water partition coefficient (Wildman–Crippen LogP) is 4.70. The number of aromatic amines is 1. The summed E-state index contributed by atoms with van der Waals surface area (Å²) in [6, 6.07) is 14.5. The van der Waals surface area contributed by atoms with Gasteiger partial charge >= 0.3 is 0 Å². The van der Waals surface area contributed by atoms with Crippen LogP contribution in [-0.2, 0) is 25.3 Å². The van der Waals surface area contributed by atoms with Crippen molar-refractivity contribution in [2.24, 2.45) is 0 Å². The number of aliphatic hydroxyl groups excluding tert-OH is 1. The molecule has 2 aromatic heterocycles. The number of furan rings is 1. The van der Waals surface area contributed by atoms with Gasteiger partial charge in [-0.3, -0.25) is 4.90 Å². The van der Waals surface area contributed by atoms with E-state index in [2.05, 4.69) is 40.3 Å². The fraction of sp³-hybridized carbons (Fsp3) is 0.304. The molecule has 5 rings (SSSR count). The molecule has 0 saturated carbocycles. The van der Waals surface area contributed by atoms with Crippen LogP contribution in [0.15, 0.2) is 53.1 Å². The lowest BCUT2D eigenvalue weighted by Crippen LogP contribution is -2.31. The zero-order valence-electron chi connectivity index (χ0n) is 15.8. The summed E-state index contributed by atoms with van der Waals surface area (Å²) in [5, 5.41) is 11.8. The van der Waals surface area contributed by atoms with Crippen LogP contribution in [0, 0.1) is 0 Å². The third-order valence-corrected chi connectivity index (χ3v) is 6.64. The molecular weight excluding hydrogens is 368 g/mol. The SMILES string of the molecule is OCc1ccc2c(CSCCN3CCc4c(oc5ccccc45)C3)c[nH]c2c1. The summed E-state index contributed by atoms with van der Waals surface area (Å²) < 4.78 is 6.08. The number of nitrogens with one attached hydrogen (secondary N) is 1. The second-order valence-corrected chi connectivity index (χ2v) is 8.54. The van der Waals surface area contributed by atoms with Crippen LogP contribution in [0.25, 0.3) is 21.9 Å². The van der Waals surface area contributed by atoms with E-state index in [1.165, 1.54) is 21.9 Å². The number of hydrogen-bond donors (Lipinski definition) is 2. The molecule has 144 valence electrons. The Morgan fingerprint density at radius 2 is 2.07 bits per heavy atom. The second-order valence-electron chi connectivity index (χ2n) is 7.43. The number of benzene rings is 2. The van der Waals surface area contributed by atoms with E-state index in [0.29, 0.717) is 0 Å². The quantitative estimate of drug-likeness (QED) is 0.467. The monoisotopic (exact) mass is 392 g/mol. The first-order chi connectivity index (χ1) is 13.8. The van der Waals surface area contributed by atoms with Crippen molar-refractivity contribution in [3.8, 4) is 0 Å². The van der Waals surface area contributed by atoms with Crippen molar-refractivity contribution in [3.05, 3.63) is 71.1 Å². The first-order valence-corrected chi connectivity index (χ1v) is 11.0. The Labute approximate surface area is 168 Å². The maximum absolute atomic E-state index is 9.27. The first kappa shape index (κ1) is 17.9. The van der Waals surface area contributed by atoms with E-state index in [4.69, 9.17) is 4.42 Å². The average molecular weight is 393 g/mol. The molecule has 4 nitrogen and oxygen atoms in total. The highest BCUT2D eigenvalue weighted by molar-refractivity contribution is 7.98. The van der Waals surface area contributed by atoms with Gasteiger partial charge in [0.2, 0.25) is 0 Å². The van der Waals surface area contributed by atoms with Gasteiger partial charge in [-0.25, -0.2) is 0 Å². The second kappa shape index (κ2) is 7.66. The minimum Gasteiger partial charge on any atom is -0.459 e. The molecule has 3 heterocycles. The van der Waals surface area contributed by atoms with Gasteiger partial charge in [0.1, 0.15) is 11.3 Å². The molecule has 28 heavy (non-hydrogen) atoms. The van der Waals surface area contributed by atoms with Crippen molar-refractivity contribution >= 4 is 33.6 Å². The third-order valence-electron chi connectivity index (χ3n) is 5.65. The van der Waals surface area contributed by atoms with Gasteiger partial charge in [0.15, 0.2) is 0 Å². The molecule has 0 radical (unpaired) electrons. The number of aliphatic hydroxyl groups is 1. The van der Waals surface area contributed by atoms with Crippen LogP contribution in [0.2, 0.25) is 0 Å². The number of hydrogen-bond acceptors (Lipinski definition) is 4. The van der Waals surface area contributed by atoms with Crippen LogP contribution in [0.3, 0.4) is 0 Å². The lowest BCUT2D eigenvalue weighted by atomic mass is 10.0. The number of para-hydroxylation sites is 1. The van der Waals surface area contributed by atoms with E-state index in [1.54, 1.807) is 0 Å². The van der Waals surface area contributed by atoms with Gasteiger partial charge < -0.3 is 14.5 Å². The van der Waals surface area contributed by atoms with E-state index in [9.17, 15) is 5.11 Å². The maximum atomic E-state index is 9.27. The predicted molar refractivity (Wildman–Crippen MR) is 116 cm³/mol. The molecule has 0 unspecified atom stereocenters. The molecule has 4 aromatic rings. The molecule has 0 spiro atoms. The Balaban J connectivity index is 1.17. The lowest BCUT2D eigenvalue weighted by molar-refractivity contribution is 0.245. The van der Waals surface area contributed by atoms with E-state index in [-0.39, 0.29) is 6.61 Å². The van der Waals surface area contributed by atoms with Crippen LogP contribution in [0.4, 0.5) is 0 Å². The molecule has 0 saturated heterocycles. The van der Waals surface area contributed by atoms with Crippen LogP contribution < -0.4 is 0 Å². The van der Waals surface area contributed by atoms with Crippen molar-refractivity contribution in [2.45, 2.75) is 25.3 Å². The van der Waals surface area contributed by atoms with Crippen molar-refractivity contribution in [2.75, 3.05) is 18.8 Å². The summed E-state index contributed by atoms with van der Waals surface area (Å²) >= 11 is 1.97. The van der Waals surface area contributed by atoms with Gasteiger partial charge in [0.25, 0.3) is 0 Å². The largest absolute Gasteiger partial charge is 0.459 e. The summed E-state index contributed by atoms with van der Waals surface area (Å²) in [6.45, 7) is 3.19. The molecule has 0 fully saturated rings. The molecule has 2 N–H and O–H groups in total. The van der Waals surface area contributed by atoms with Gasteiger partial charge in [-0.05, 0) is 29.7 Å². The van der Waals surface area contributed by atoms with Crippen molar-refractivity contribution in [1.82, 2.24) is 9.88 Å². The van der Waals surface area contributed by atoms with Crippen LogP contribution in [-0.4, -0.2) is 33.8 Å². The van der Waals surface area contributed by atoms with Gasteiger partial charge in [-0.2, -0.15) is 11.8 Å². The highest BCUT2D eigenvalue weighted by atomic mass is 32.2. The van der Waals surface area contributed by atoms with Gasteiger partial charge in [-0.1, -0.05) is 30.3 Å². The van der Waals surface area contributed by atoms with Gasteiger partial charge in [-0.15, -0.1) is 0 Å². The number of rotatable bonds is 6. The van der Waals surface area contributed by atoms with E-state index in [1.807, 2.05) is 30.0 Å². The first-order valence-electron chi connectivity index (χ1n) is 9.81. The molecule has 2 aromatic carbocycles. The van der Waals surface area contributed by atoms with Crippen LogP contribution in [0.5, 0.6) is 0 Å². The number of fused-ring (bicyclic) bond motifs is 4. The van der Waals surface area contributed by atoms with Crippen molar-refractivity contribution < 1.29 is 9.52 Å². The summed E-state index contributed by atoms with van der Waals surface area (Å²) in [6.07, 6.45) is 3.17. The lowest BCUT2D eigenvalue weighted by Gasteiger charge is -2.25. The summed E-state index contributed by atoms with van der Waals surface area (Å²) in [4.78, 5) is 5.83. The summed E-state index contributed by atoms with van der Waals surface area (Å²) in [7, 11) is 0. The highest BCUT2D eigenvalue weighted by Crippen LogP contribution is 2.30. The van der Waals surface area contributed by atoms with E-state index in [0.717, 1.165) is 60.0 Å². The molecule has 0 amide bonds. The standard InChI is InChI=1S/C23H24N2O2S/c26-14-16-5-6-18-17(12-24-21(18)11-16)15-28-10-9-25-8-7-20-19-3-1-2-4-22(19)27-23(20)13-25/h1-6,11-12,24,26H,7-10,13-15H2. The molecule has 0 atom stereocenters. The third kappa shape index (κ3) is 3.34. The number of H-pyrrole nitrogens is 1. The van der Waals surface area contributed by atoms with Crippen molar-refractivity contribution in [3.63, 3.8) is 0 Å². The number of thioether (sulfide) groups is 1. The smallest absolute Gasteiger partial charge is 0.134 e. The van der Waals surface area contributed by atoms with E-state index < -0.39 is 0 Å². The fourth-order valence-corrected chi connectivity index (χ4v) is 5.11. The molecular formula is C23H24N2O2S. The Morgan fingerprint density at radius 3 is 3.00 bits per heavy atom. The Hall–Kier alpha value is -2.21. The van der Waals surface area contributed by atoms with Gasteiger partial charge in [0.05, 0.1) is 13.2 Å². The molecule has 1 aliphatic heterocycles. The normalized spacial score (nSPS) is 14.8. The zero-order valence-corrected chi connectivity index (χ0v) is 16.6. The Bertz CT molecular complexity index is 1110. The highest BCUT2D eigenvalue weighted by Gasteiger charge is 2.22. The Kier molecular flexibility index (Phi) is 4.89. The molecule has 0 bridgehead atoms. The molecule has 5 heteroatoms. The average Bonchev–Trinajstić information content (AvgIpc) is 3.31. The topological polar surface area (TPSA) is 52.4 Å². The minimum absolute atomic E-state index is 0.0851. The summed E-state index contributed by atoms with van der Waals surface area (Å²) in [5.41, 5.74) is 5.81. The molecule has 0 aliphatic carbocycles. The number of aromatic nitrogens is 1. The Morgan fingerprint density at radius 1 is 1.14 bits per heavy atom.